The molecule has 168 valence electrons. The summed E-state index contributed by atoms with van der Waals surface area (Å²) in [5, 5.41) is 2.11. The number of carbonyl (C=O) groups excluding carboxylic acids is 2. The fourth-order valence-corrected chi connectivity index (χ4v) is 4.91. The first kappa shape index (κ1) is 23.5. The molecule has 0 saturated carbocycles. The van der Waals surface area contributed by atoms with Crippen LogP contribution in [0.3, 0.4) is 0 Å². The lowest BCUT2D eigenvalue weighted by Gasteiger charge is -2.38. The van der Waals surface area contributed by atoms with Crippen molar-refractivity contribution in [3.63, 3.8) is 0 Å². The quantitative estimate of drug-likeness (QED) is 0.637. The van der Waals surface area contributed by atoms with Crippen molar-refractivity contribution in [2.45, 2.75) is 46.6 Å². The highest BCUT2D eigenvalue weighted by Crippen LogP contribution is 2.38. The third kappa shape index (κ3) is 5.95. The van der Waals surface area contributed by atoms with Crippen LogP contribution in [-0.4, -0.2) is 55.0 Å². The summed E-state index contributed by atoms with van der Waals surface area (Å²) in [6, 6.07) is 10.4. The number of amides is 2. The highest BCUT2D eigenvalue weighted by molar-refractivity contribution is 7.10. The number of methoxy groups -OCH3 is 1. The minimum absolute atomic E-state index is 0.00184. The van der Waals surface area contributed by atoms with E-state index >= 15 is 0 Å². The van der Waals surface area contributed by atoms with Crippen LogP contribution in [0.25, 0.3) is 0 Å². The molecule has 3 rings (SSSR count). The van der Waals surface area contributed by atoms with Crippen molar-refractivity contribution in [3.05, 3.63) is 57.3 Å². The van der Waals surface area contributed by atoms with Crippen LogP contribution >= 0.6 is 11.3 Å². The number of ether oxygens (including phenoxy) is 1. The Morgan fingerprint density at radius 1 is 1.19 bits per heavy atom. The van der Waals surface area contributed by atoms with Gasteiger partial charge in [0.2, 0.25) is 11.8 Å². The molecule has 1 unspecified atom stereocenters. The molecule has 0 N–H and O–H groups in total. The van der Waals surface area contributed by atoms with E-state index in [9.17, 15) is 9.59 Å². The second-order valence-electron chi connectivity index (χ2n) is 9.50. The number of thiophene rings is 1. The van der Waals surface area contributed by atoms with Crippen LogP contribution in [0.1, 0.15) is 54.8 Å². The van der Waals surface area contributed by atoms with Gasteiger partial charge in [0.25, 0.3) is 0 Å². The minimum Gasteiger partial charge on any atom is -0.383 e. The highest BCUT2D eigenvalue weighted by Gasteiger charge is 2.34. The lowest BCUT2D eigenvalue weighted by Crippen LogP contribution is -2.48. The molecular weight excluding hydrogens is 408 g/mol. The van der Waals surface area contributed by atoms with Gasteiger partial charge in [0.15, 0.2) is 0 Å². The van der Waals surface area contributed by atoms with Crippen LogP contribution in [0, 0.1) is 12.3 Å². The summed E-state index contributed by atoms with van der Waals surface area (Å²) >= 11 is 1.76. The van der Waals surface area contributed by atoms with Crippen molar-refractivity contribution in [2.75, 3.05) is 33.4 Å². The molecule has 0 bridgehead atoms. The molecule has 2 heterocycles. The Morgan fingerprint density at radius 3 is 2.55 bits per heavy atom. The maximum Gasteiger partial charge on any atom is 0.242 e. The second-order valence-corrected chi connectivity index (χ2v) is 10.5. The second kappa shape index (κ2) is 9.96. The van der Waals surface area contributed by atoms with Crippen LogP contribution < -0.4 is 0 Å². The van der Waals surface area contributed by atoms with Gasteiger partial charge < -0.3 is 14.5 Å². The first-order valence-electron chi connectivity index (χ1n) is 10.9. The largest absolute Gasteiger partial charge is 0.383 e. The van der Waals surface area contributed by atoms with E-state index in [-0.39, 0.29) is 29.8 Å². The summed E-state index contributed by atoms with van der Waals surface area (Å²) in [6.07, 6.45) is 1.26. The summed E-state index contributed by atoms with van der Waals surface area (Å²) in [4.78, 5) is 31.4. The predicted molar refractivity (Wildman–Crippen MR) is 125 cm³/mol. The van der Waals surface area contributed by atoms with Gasteiger partial charge in [-0.25, -0.2) is 0 Å². The number of carbonyl (C=O) groups is 2. The van der Waals surface area contributed by atoms with Crippen LogP contribution in [0.2, 0.25) is 0 Å². The zero-order chi connectivity index (χ0) is 22.6. The molecule has 5 nitrogen and oxygen atoms in total. The highest BCUT2D eigenvalue weighted by atomic mass is 32.1. The zero-order valence-electron chi connectivity index (χ0n) is 19.3. The number of fused-ring (bicyclic) bond motifs is 1. The third-order valence-electron chi connectivity index (χ3n) is 5.61. The van der Waals surface area contributed by atoms with Crippen LogP contribution in [0.5, 0.6) is 0 Å². The fraction of sp³-hybridized carbons (Fsp3) is 0.520. The average Bonchev–Trinajstić information content (AvgIpc) is 3.18. The molecule has 2 amide bonds. The molecule has 31 heavy (non-hydrogen) atoms. The summed E-state index contributed by atoms with van der Waals surface area (Å²) in [7, 11) is 1.62. The van der Waals surface area contributed by atoms with E-state index < -0.39 is 0 Å². The van der Waals surface area contributed by atoms with Gasteiger partial charge in [0.05, 0.1) is 19.2 Å². The molecule has 1 atom stereocenters. The zero-order valence-corrected chi connectivity index (χ0v) is 20.1. The van der Waals surface area contributed by atoms with Gasteiger partial charge in [-0.05, 0) is 41.3 Å². The molecule has 0 spiro atoms. The van der Waals surface area contributed by atoms with E-state index in [2.05, 4.69) is 42.6 Å². The van der Waals surface area contributed by atoms with E-state index in [4.69, 9.17) is 4.74 Å². The Labute approximate surface area is 190 Å². The first-order valence-corrected chi connectivity index (χ1v) is 11.8. The van der Waals surface area contributed by atoms with Crippen LogP contribution in [-0.2, 0) is 20.7 Å². The monoisotopic (exact) mass is 442 g/mol. The van der Waals surface area contributed by atoms with Gasteiger partial charge in [-0.15, -0.1) is 11.3 Å². The van der Waals surface area contributed by atoms with Crippen LogP contribution in [0.15, 0.2) is 35.7 Å². The molecule has 2 aromatic rings. The first-order chi connectivity index (χ1) is 14.7. The van der Waals surface area contributed by atoms with Crippen molar-refractivity contribution in [1.29, 1.82) is 0 Å². The molecule has 1 aliphatic rings. The molecule has 1 aliphatic heterocycles. The normalized spacial score (nSPS) is 16.2. The van der Waals surface area contributed by atoms with Gasteiger partial charge in [-0.3, -0.25) is 9.59 Å². The number of aryl methyl sites for hydroxylation is 1. The number of hydrogen-bond donors (Lipinski definition) is 0. The Kier molecular flexibility index (Phi) is 7.55. The Bertz CT molecular complexity index is 898. The van der Waals surface area contributed by atoms with Gasteiger partial charge in [-0.2, -0.15) is 0 Å². The summed E-state index contributed by atoms with van der Waals surface area (Å²) < 4.78 is 5.20. The maximum absolute atomic E-state index is 13.5. The lowest BCUT2D eigenvalue weighted by molar-refractivity contribution is -0.143. The Hall–Kier alpha value is -2.18. The molecule has 0 fully saturated rings. The van der Waals surface area contributed by atoms with E-state index in [0.29, 0.717) is 26.1 Å². The van der Waals surface area contributed by atoms with E-state index in [1.54, 1.807) is 23.3 Å². The van der Waals surface area contributed by atoms with E-state index in [1.807, 2.05) is 25.7 Å². The summed E-state index contributed by atoms with van der Waals surface area (Å²) in [5.74, 6) is -0.0150. The lowest BCUT2D eigenvalue weighted by atomic mass is 9.91. The topological polar surface area (TPSA) is 49.9 Å². The van der Waals surface area contributed by atoms with Crippen LogP contribution in [0.4, 0.5) is 0 Å². The number of hydrogen-bond acceptors (Lipinski definition) is 4. The van der Waals surface area contributed by atoms with E-state index in [1.165, 1.54) is 16.0 Å². The molecule has 0 aliphatic carbocycles. The smallest absolute Gasteiger partial charge is 0.242 e. The summed E-state index contributed by atoms with van der Waals surface area (Å²) in [5.41, 5.74) is 3.38. The number of rotatable bonds is 7. The Morgan fingerprint density at radius 2 is 1.90 bits per heavy atom. The predicted octanol–water partition coefficient (Wildman–Crippen LogP) is 4.44. The van der Waals surface area contributed by atoms with Crippen molar-refractivity contribution < 1.29 is 14.3 Å². The Balaban J connectivity index is 1.85. The fourth-order valence-electron chi connectivity index (χ4n) is 4.01. The SMILES string of the molecule is COCCN(CC(=O)N1CCc2sccc2C1c1ccc(C)cc1)C(=O)CC(C)(C)C. The minimum atomic E-state index is -0.132. The molecule has 0 saturated heterocycles. The van der Waals surface area contributed by atoms with Gasteiger partial charge >= 0.3 is 0 Å². The molecule has 1 aromatic carbocycles. The number of benzene rings is 1. The molecule has 0 radical (unpaired) electrons. The molecule has 6 heteroatoms. The van der Waals surface area contributed by atoms with Crippen molar-refractivity contribution in [3.8, 4) is 0 Å². The van der Waals surface area contributed by atoms with Crippen molar-refractivity contribution in [1.82, 2.24) is 9.80 Å². The van der Waals surface area contributed by atoms with Crippen molar-refractivity contribution >= 4 is 23.2 Å². The van der Waals surface area contributed by atoms with Crippen molar-refractivity contribution in [2.24, 2.45) is 5.41 Å². The third-order valence-corrected chi connectivity index (χ3v) is 6.60. The van der Waals surface area contributed by atoms with Gasteiger partial charge in [-0.1, -0.05) is 50.6 Å². The maximum atomic E-state index is 13.5. The van der Waals surface area contributed by atoms with Gasteiger partial charge in [0.1, 0.15) is 0 Å². The van der Waals surface area contributed by atoms with E-state index in [0.717, 1.165) is 12.0 Å². The molecule has 1 aromatic heterocycles. The number of nitrogens with zero attached hydrogens (tertiary/aromatic N) is 2. The molecular formula is C25H34N2O3S. The summed E-state index contributed by atoms with van der Waals surface area (Å²) in [6.45, 7) is 9.77. The average molecular weight is 443 g/mol. The standard InChI is InChI=1S/C25H34N2O3S/c1-18-6-8-19(9-7-18)24-20-11-15-31-21(20)10-12-27(24)23(29)17-26(13-14-30-5)22(28)16-25(2,3)4/h6-9,11,15,24H,10,12-14,16-17H2,1-5H3. The van der Waals surface area contributed by atoms with Gasteiger partial charge in [0, 0.05) is 31.5 Å².